The fourth-order valence-corrected chi connectivity index (χ4v) is 2.86. The van der Waals surface area contributed by atoms with E-state index in [1.165, 1.54) is 21.3 Å². The molecule has 6 nitrogen and oxygen atoms in total. The number of methoxy groups -OCH3 is 3. The van der Waals surface area contributed by atoms with Gasteiger partial charge in [0.1, 0.15) is 0 Å². The van der Waals surface area contributed by atoms with Gasteiger partial charge < -0.3 is 24.4 Å². The summed E-state index contributed by atoms with van der Waals surface area (Å²) in [5.41, 5.74) is 1.40. The summed E-state index contributed by atoms with van der Waals surface area (Å²) in [5.74, 6) is 1.39. The number of ether oxygens (including phenoxy) is 3. The molecule has 140 valence electrons. The molecule has 2 aromatic rings. The maximum absolute atomic E-state index is 12.7. The van der Waals surface area contributed by atoms with Gasteiger partial charge in [0.2, 0.25) is 5.75 Å². The number of amides is 2. The summed E-state index contributed by atoms with van der Waals surface area (Å²) in [6.07, 6.45) is 0. The molecule has 0 aromatic heterocycles. The van der Waals surface area contributed by atoms with Gasteiger partial charge in [0.15, 0.2) is 11.5 Å². The lowest BCUT2D eigenvalue weighted by molar-refractivity contribution is 0.208. The van der Waals surface area contributed by atoms with Crippen molar-refractivity contribution in [3.63, 3.8) is 0 Å². The lowest BCUT2D eigenvalue weighted by Crippen LogP contribution is -2.33. The van der Waals surface area contributed by atoms with E-state index in [4.69, 9.17) is 25.8 Å². The van der Waals surface area contributed by atoms with E-state index < -0.39 is 0 Å². The molecule has 0 fully saturated rings. The number of carbonyl (C=O) groups excluding carboxylic acids is 1. The number of carbonyl (C=O) groups is 1. The molecule has 0 radical (unpaired) electrons. The zero-order valence-electron chi connectivity index (χ0n) is 15.5. The predicted octanol–water partition coefficient (Wildman–Crippen LogP) is 4.59. The van der Waals surface area contributed by atoms with E-state index in [-0.39, 0.29) is 12.1 Å². The van der Waals surface area contributed by atoms with Crippen LogP contribution in [0.1, 0.15) is 18.5 Å². The van der Waals surface area contributed by atoms with Gasteiger partial charge in [-0.25, -0.2) is 4.79 Å². The summed E-state index contributed by atoms with van der Waals surface area (Å²) in [7, 11) is 6.28. The maximum Gasteiger partial charge on any atom is 0.322 e. The third-order valence-corrected chi connectivity index (χ3v) is 4.52. The van der Waals surface area contributed by atoms with Crippen molar-refractivity contribution >= 4 is 23.3 Å². The van der Waals surface area contributed by atoms with Crippen LogP contribution in [0, 0.1) is 0 Å². The number of nitrogens with zero attached hydrogens (tertiary/aromatic N) is 1. The molecular weight excluding hydrogens is 356 g/mol. The standard InChI is InChI=1S/C19H23ClN2O4/c1-12(14-8-6-7-9-15(14)20)22(2)19(23)21-13-10-16(24-3)18(26-5)17(11-13)25-4/h6-12H,1-5H3,(H,21,23). The van der Waals surface area contributed by atoms with Crippen molar-refractivity contribution < 1.29 is 19.0 Å². The number of urea groups is 1. The average molecular weight is 379 g/mol. The van der Waals surface area contributed by atoms with Crippen molar-refractivity contribution in [3.8, 4) is 17.2 Å². The Hall–Kier alpha value is -2.60. The highest BCUT2D eigenvalue weighted by Crippen LogP contribution is 2.40. The Kier molecular flexibility index (Phi) is 6.58. The maximum atomic E-state index is 12.7. The van der Waals surface area contributed by atoms with E-state index in [0.717, 1.165) is 5.56 Å². The average Bonchev–Trinajstić information content (AvgIpc) is 2.66. The molecule has 0 aliphatic carbocycles. The van der Waals surface area contributed by atoms with Crippen LogP contribution in [0.4, 0.5) is 10.5 Å². The van der Waals surface area contributed by atoms with Crippen LogP contribution < -0.4 is 19.5 Å². The summed E-state index contributed by atoms with van der Waals surface area (Å²) in [4.78, 5) is 14.2. The molecule has 1 atom stereocenters. The first-order chi connectivity index (χ1) is 12.4. The molecule has 0 saturated heterocycles. The minimum absolute atomic E-state index is 0.203. The first-order valence-electron chi connectivity index (χ1n) is 8.01. The number of hydrogen-bond donors (Lipinski definition) is 1. The zero-order valence-corrected chi connectivity index (χ0v) is 16.3. The van der Waals surface area contributed by atoms with Gasteiger partial charge >= 0.3 is 6.03 Å². The summed E-state index contributed by atoms with van der Waals surface area (Å²) < 4.78 is 15.9. The fraction of sp³-hybridized carbons (Fsp3) is 0.316. The van der Waals surface area contributed by atoms with Gasteiger partial charge in [-0.15, -0.1) is 0 Å². The Balaban J connectivity index is 2.22. The number of hydrogen-bond acceptors (Lipinski definition) is 4. The third-order valence-electron chi connectivity index (χ3n) is 4.17. The van der Waals surface area contributed by atoms with Gasteiger partial charge in [-0.2, -0.15) is 0 Å². The molecule has 0 aliphatic heterocycles. The van der Waals surface area contributed by atoms with Crippen LogP contribution in [-0.2, 0) is 0 Å². The SMILES string of the molecule is COc1cc(NC(=O)N(C)C(C)c2ccccc2Cl)cc(OC)c1OC. The van der Waals surface area contributed by atoms with E-state index in [2.05, 4.69) is 5.32 Å². The molecular formula is C19H23ClN2O4. The number of anilines is 1. The number of rotatable bonds is 6. The highest BCUT2D eigenvalue weighted by molar-refractivity contribution is 6.31. The summed E-state index contributed by atoms with van der Waals surface area (Å²) in [5, 5.41) is 3.46. The number of benzene rings is 2. The minimum Gasteiger partial charge on any atom is -0.493 e. The quantitative estimate of drug-likeness (QED) is 0.798. The van der Waals surface area contributed by atoms with Crippen molar-refractivity contribution in [3.05, 3.63) is 47.0 Å². The van der Waals surface area contributed by atoms with E-state index in [1.54, 1.807) is 30.1 Å². The number of halogens is 1. The summed E-state index contributed by atoms with van der Waals surface area (Å²) in [6, 6.07) is 10.3. The van der Waals surface area contributed by atoms with Crippen LogP contribution in [0.3, 0.4) is 0 Å². The van der Waals surface area contributed by atoms with Crippen LogP contribution in [-0.4, -0.2) is 39.3 Å². The van der Waals surface area contributed by atoms with Crippen molar-refractivity contribution in [2.75, 3.05) is 33.7 Å². The van der Waals surface area contributed by atoms with Gasteiger partial charge in [0.25, 0.3) is 0 Å². The lowest BCUT2D eigenvalue weighted by Gasteiger charge is -2.26. The summed E-state index contributed by atoms with van der Waals surface area (Å²) >= 11 is 6.24. The van der Waals surface area contributed by atoms with Crippen LogP contribution in [0.5, 0.6) is 17.2 Å². The Bertz CT molecular complexity index is 757. The van der Waals surface area contributed by atoms with E-state index in [9.17, 15) is 4.79 Å². The summed E-state index contributed by atoms with van der Waals surface area (Å²) in [6.45, 7) is 1.91. The monoisotopic (exact) mass is 378 g/mol. The smallest absolute Gasteiger partial charge is 0.322 e. The highest BCUT2D eigenvalue weighted by Gasteiger charge is 2.21. The molecule has 0 spiro atoms. The normalized spacial score (nSPS) is 11.5. The fourth-order valence-electron chi connectivity index (χ4n) is 2.56. The van der Waals surface area contributed by atoms with Crippen LogP contribution >= 0.6 is 11.6 Å². The second-order valence-corrected chi connectivity index (χ2v) is 6.06. The van der Waals surface area contributed by atoms with Crippen molar-refractivity contribution in [1.82, 2.24) is 4.90 Å². The molecule has 0 heterocycles. The predicted molar refractivity (Wildman–Crippen MR) is 103 cm³/mol. The topological polar surface area (TPSA) is 60.0 Å². The van der Waals surface area contributed by atoms with E-state index in [1.807, 2.05) is 25.1 Å². The Morgan fingerprint density at radius 3 is 2.15 bits per heavy atom. The Labute approximate surface area is 158 Å². The molecule has 7 heteroatoms. The second-order valence-electron chi connectivity index (χ2n) is 5.65. The molecule has 1 N–H and O–H groups in total. The largest absolute Gasteiger partial charge is 0.493 e. The first-order valence-corrected chi connectivity index (χ1v) is 8.39. The van der Waals surface area contributed by atoms with Crippen molar-refractivity contribution in [2.24, 2.45) is 0 Å². The van der Waals surface area contributed by atoms with Gasteiger partial charge in [-0.3, -0.25) is 0 Å². The Morgan fingerprint density at radius 1 is 1.08 bits per heavy atom. The molecule has 1 unspecified atom stereocenters. The molecule has 0 aliphatic rings. The highest BCUT2D eigenvalue weighted by atomic mass is 35.5. The molecule has 2 aromatic carbocycles. The Morgan fingerprint density at radius 2 is 1.65 bits per heavy atom. The zero-order chi connectivity index (χ0) is 19.3. The van der Waals surface area contributed by atoms with Crippen molar-refractivity contribution in [1.29, 1.82) is 0 Å². The molecule has 2 rings (SSSR count). The van der Waals surface area contributed by atoms with Gasteiger partial charge in [0, 0.05) is 24.2 Å². The van der Waals surface area contributed by atoms with Crippen LogP contribution in [0.15, 0.2) is 36.4 Å². The van der Waals surface area contributed by atoms with Crippen LogP contribution in [0.25, 0.3) is 0 Å². The molecule has 2 amide bonds. The van der Waals surface area contributed by atoms with Crippen molar-refractivity contribution in [2.45, 2.75) is 13.0 Å². The first kappa shape index (κ1) is 19.7. The molecule has 0 saturated carbocycles. The van der Waals surface area contributed by atoms with E-state index >= 15 is 0 Å². The third kappa shape index (κ3) is 4.14. The molecule has 0 bridgehead atoms. The van der Waals surface area contributed by atoms with E-state index in [0.29, 0.717) is 28.0 Å². The minimum atomic E-state index is -0.285. The molecule has 26 heavy (non-hydrogen) atoms. The van der Waals surface area contributed by atoms with Gasteiger partial charge in [0.05, 0.1) is 33.1 Å². The van der Waals surface area contributed by atoms with Gasteiger partial charge in [-0.1, -0.05) is 29.8 Å². The van der Waals surface area contributed by atoms with Gasteiger partial charge in [-0.05, 0) is 18.6 Å². The lowest BCUT2D eigenvalue weighted by atomic mass is 10.1. The second kappa shape index (κ2) is 8.67. The number of nitrogens with one attached hydrogen (secondary N) is 1. The van der Waals surface area contributed by atoms with Crippen LogP contribution in [0.2, 0.25) is 5.02 Å².